The Hall–Kier alpha value is -0.0917. The van der Waals surface area contributed by atoms with Crippen molar-refractivity contribution in [2.24, 2.45) is 0 Å². The van der Waals surface area contributed by atoms with Crippen molar-refractivity contribution in [3.8, 4) is 0 Å². The van der Waals surface area contributed by atoms with Gasteiger partial charge in [0.25, 0.3) is 0 Å². The molecule has 0 radical (unpaired) electrons. The van der Waals surface area contributed by atoms with Gasteiger partial charge in [-0.2, -0.15) is 35.4 Å². The zero-order valence-corrected chi connectivity index (χ0v) is 9.28. The average Bonchev–Trinajstić information content (AvgIpc) is 1.89. The monoisotopic (exact) mass is 303 g/mol. The first-order chi connectivity index (χ1) is 4.34. The van der Waals surface area contributed by atoms with Crippen LogP contribution in [-0.2, 0) is 27.5 Å². The first-order valence-corrected chi connectivity index (χ1v) is 3.30. The zero-order valence-electron chi connectivity index (χ0n) is 6.35. The Morgan fingerprint density at radius 1 is 1.50 bits per heavy atom. The summed E-state index contributed by atoms with van der Waals surface area (Å²) >= 11 is 0. The molecule has 0 nitrogen and oxygen atoms in total. The molecule has 0 amide bonds. The summed E-state index contributed by atoms with van der Waals surface area (Å²) in [5.41, 5.74) is 2.68. The molecular weight excluding hydrogens is 292 g/mol. The molecule has 0 atom stereocenters. The number of rotatable bonds is 1. The maximum Gasteiger partial charge on any atom is 0 e. The summed E-state index contributed by atoms with van der Waals surface area (Å²) in [5.74, 6) is 0. The van der Waals surface area contributed by atoms with Crippen LogP contribution in [-0.4, -0.2) is 0 Å². The van der Waals surface area contributed by atoms with Crippen molar-refractivity contribution < 1.29 is 21.1 Å². The average molecular weight is 303 g/mol. The first-order valence-electron chi connectivity index (χ1n) is 3.30. The Kier molecular flexibility index (Phi) is 4.64. The van der Waals surface area contributed by atoms with Crippen LogP contribution >= 0.6 is 0 Å². The van der Waals surface area contributed by atoms with Gasteiger partial charge in [0.2, 0.25) is 0 Å². The Morgan fingerprint density at radius 3 is 2.60 bits per heavy atom. The van der Waals surface area contributed by atoms with Crippen molar-refractivity contribution in [3.05, 3.63) is 35.4 Å². The number of hydrogen-bond acceptors (Lipinski definition) is 0. The summed E-state index contributed by atoms with van der Waals surface area (Å²) in [6, 6.07) is 9.29. The molecule has 54 valence electrons. The van der Waals surface area contributed by atoms with Crippen LogP contribution in [0.2, 0.25) is 0 Å². The van der Waals surface area contributed by atoms with E-state index in [2.05, 4.69) is 26.0 Å². The molecule has 10 heavy (non-hydrogen) atoms. The second-order valence-electron chi connectivity index (χ2n) is 2.19. The minimum absolute atomic E-state index is 0. The molecule has 0 fully saturated rings. The molecule has 0 saturated heterocycles. The molecule has 1 aromatic carbocycles. The largest absolute Gasteiger partial charge is 0.180 e. The molecular formula is C9H11W-. The van der Waals surface area contributed by atoms with Crippen molar-refractivity contribution in [2.75, 3.05) is 0 Å². The van der Waals surface area contributed by atoms with Gasteiger partial charge in [-0.1, -0.05) is 20.3 Å². The maximum absolute atomic E-state index is 3.19. The van der Waals surface area contributed by atoms with E-state index < -0.39 is 0 Å². The minimum atomic E-state index is 0. The van der Waals surface area contributed by atoms with Gasteiger partial charge in [-0.25, -0.2) is 0 Å². The molecule has 1 aromatic rings. The molecule has 0 unspecified atom stereocenters. The van der Waals surface area contributed by atoms with Gasteiger partial charge in [0.05, 0.1) is 0 Å². The summed E-state index contributed by atoms with van der Waals surface area (Å²) in [6.07, 6.45) is 1.09. The van der Waals surface area contributed by atoms with E-state index in [0.29, 0.717) is 0 Å². The second kappa shape index (κ2) is 4.68. The summed E-state index contributed by atoms with van der Waals surface area (Å²) in [6.45, 7) is 4.27. The number of aryl methyl sites for hydroxylation is 2. The SMILES string of the molecule is CCc1[c-]cccc1C.[W]. The van der Waals surface area contributed by atoms with Gasteiger partial charge in [-0.3, -0.25) is 0 Å². The van der Waals surface area contributed by atoms with Gasteiger partial charge in [0.1, 0.15) is 0 Å². The van der Waals surface area contributed by atoms with E-state index in [1.54, 1.807) is 0 Å². The van der Waals surface area contributed by atoms with Crippen LogP contribution < -0.4 is 0 Å². The summed E-state index contributed by atoms with van der Waals surface area (Å²) < 4.78 is 0. The summed E-state index contributed by atoms with van der Waals surface area (Å²) in [4.78, 5) is 0. The van der Waals surface area contributed by atoms with E-state index in [9.17, 15) is 0 Å². The van der Waals surface area contributed by atoms with Gasteiger partial charge < -0.3 is 0 Å². The van der Waals surface area contributed by atoms with Crippen LogP contribution in [0.25, 0.3) is 0 Å². The normalized spacial score (nSPS) is 8.60. The maximum atomic E-state index is 3.19. The van der Waals surface area contributed by atoms with Crippen molar-refractivity contribution in [1.29, 1.82) is 0 Å². The predicted octanol–water partition coefficient (Wildman–Crippen LogP) is 2.36. The van der Waals surface area contributed by atoms with E-state index in [4.69, 9.17) is 0 Å². The summed E-state index contributed by atoms with van der Waals surface area (Å²) in [5, 5.41) is 0. The Bertz CT molecular complexity index is 194. The topological polar surface area (TPSA) is 0 Å². The number of benzene rings is 1. The van der Waals surface area contributed by atoms with Gasteiger partial charge in [0.15, 0.2) is 0 Å². The molecule has 0 spiro atoms. The fraction of sp³-hybridized carbons (Fsp3) is 0.333. The van der Waals surface area contributed by atoms with Crippen molar-refractivity contribution in [3.63, 3.8) is 0 Å². The third-order valence-electron chi connectivity index (χ3n) is 1.53. The van der Waals surface area contributed by atoms with Crippen LogP contribution in [0.5, 0.6) is 0 Å². The molecule has 0 saturated carbocycles. The van der Waals surface area contributed by atoms with Crippen molar-refractivity contribution in [2.45, 2.75) is 20.3 Å². The third-order valence-corrected chi connectivity index (χ3v) is 1.53. The molecule has 0 aliphatic carbocycles. The van der Waals surface area contributed by atoms with E-state index in [0.717, 1.165) is 6.42 Å². The van der Waals surface area contributed by atoms with Gasteiger partial charge in [-0.05, 0) is 0 Å². The zero-order chi connectivity index (χ0) is 6.69. The molecule has 1 heteroatoms. The molecule has 0 bridgehead atoms. The molecule has 0 aliphatic rings. The predicted molar refractivity (Wildman–Crippen MR) is 39.4 cm³/mol. The Morgan fingerprint density at radius 2 is 2.20 bits per heavy atom. The van der Waals surface area contributed by atoms with E-state index in [-0.39, 0.29) is 21.1 Å². The molecule has 1 rings (SSSR count). The number of hydrogen-bond donors (Lipinski definition) is 0. The standard InChI is InChI=1S/C9H11.W/c1-3-9-7-5-4-6-8(9)2;/h4-6H,3H2,1-2H3;/q-1;. The van der Waals surface area contributed by atoms with Crippen LogP contribution in [0.15, 0.2) is 18.2 Å². The van der Waals surface area contributed by atoms with Crippen LogP contribution in [0, 0.1) is 13.0 Å². The molecule has 0 heterocycles. The first kappa shape index (κ1) is 9.91. The second-order valence-corrected chi connectivity index (χ2v) is 2.19. The minimum Gasteiger partial charge on any atom is -0.180 e. The molecule has 0 N–H and O–H groups in total. The smallest absolute Gasteiger partial charge is 0 e. The van der Waals surface area contributed by atoms with E-state index >= 15 is 0 Å². The fourth-order valence-corrected chi connectivity index (χ4v) is 0.936. The van der Waals surface area contributed by atoms with Crippen LogP contribution in [0.3, 0.4) is 0 Å². The van der Waals surface area contributed by atoms with Gasteiger partial charge in [-0.15, -0.1) is 0 Å². The third kappa shape index (κ3) is 2.27. The van der Waals surface area contributed by atoms with E-state index in [1.807, 2.05) is 12.1 Å². The van der Waals surface area contributed by atoms with Crippen molar-refractivity contribution in [1.82, 2.24) is 0 Å². The Labute approximate surface area is 76.9 Å². The van der Waals surface area contributed by atoms with Gasteiger partial charge in [0, 0.05) is 21.1 Å². The van der Waals surface area contributed by atoms with Crippen LogP contribution in [0.1, 0.15) is 18.1 Å². The molecule has 0 aliphatic heterocycles. The summed E-state index contributed by atoms with van der Waals surface area (Å²) in [7, 11) is 0. The Balaban J connectivity index is 0.000000810. The molecule has 0 aromatic heterocycles. The van der Waals surface area contributed by atoms with E-state index in [1.165, 1.54) is 11.1 Å². The van der Waals surface area contributed by atoms with Gasteiger partial charge >= 0.3 is 0 Å². The van der Waals surface area contributed by atoms with Crippen molar-refractivity contribution >= 4 is 0 Å². The van der Waals surface area contributed by atoms with Crippen LogP contribution in [0.4, 0.5) is 0 Å². The quantitative estimate of drug-likeness (QED) is 0.699. The fourth-order valence-electron chi connectivity index (χ4n) is 0.936.